The standard InChI is InChI=1S/C7H10F3NO2.C5H8O3/c8-7(9,10)5-2-1-3-11(5)6(13)4-12;1-5(2)7-3-4(6)8-5/h5,12H,1-4H2;3H2,1-2H3. The molecule has 2 heterocycles. The quantitative estimate of drug-likeness (QED) is 0.726. The molecule has 9 heteroatoms. The number of cyclic esters (lactones) is 1. The molecule has 0 aromatic rings. The number of hydrogen-bond donors (Lipinski definition) is 1. The maximum absolute atomic E-state index is 12.2. The zero-order valence-electron chi connectivity index (χ0n) is 11.8. The molecule has 6 nitrogen and oxygen atoms in total. The normalized spacial score (nSPS) is 24.4. The molecule has 0 bridgehead atoms. The summed E-state index contributed by atoms with van der Waals surface area (Å²) in [5.74, 6) is -1.81. The molecule has 1 atom stereocenters. The molecule has 0 saturated carbocycles. The molecule has 0 aromatic carbocycles. The third-order valence-electron chi connectivity index (χ3n) is 2.98. The van der Waals surface area contributed by atoms with Gasteiger partial charge in [0.2, 0.25) is 11.7 Å². The summed E-state index contributed by atoms with van der Waals surface area (Å²) in [6, 6.07) is -1.70. The molecule has 2 aliphatic rings. The van der Waals surface area contributed by atoms with Crippen molar-refractivity contribution in [1.29, 1.82) is 0 Å². The van der Waals surface area contributed by atoms with Gasteiger partial charge in [0.25, 0.3) is 0 Å². The van der Waals surface area contributed by atoms with Gasteiger partial charge in [-0.05, 0) is 12.8 Å². The summed E-state index contributed by atoms with van der Waals surface area (Å²) >= 11 is 0. The van der Waals surface area contributed by atoms with E-state index >= 15 is 0 Å². The number of amides is 1. The van der Waals surface area contributed by atoms with Gasteiger partial charge in [0.1, 0.15) is 19.3 Å². The number of aliphatic hydroxyl groups excluding tert-OH is 1. The second-order valence-electron chi connectivity index (χ2n) is 5.11. The van der Waals surface area contributed by atoms with Crippen molar-refractivity contribution in [2.24, 2.45) is 0 Å². The van der Waals surface area contributed by atoms with Crippen LogP contribution in [-0.2, 0) is 19.1 Å². The Labute approximate surface area is 119 Å². The highest BCUT2D eigenvalue weighted by Crippen LogP contribution is 2.32. The molecule has 2 fully saturated rings. The number of halogens is 3. The van der Waals surface area contributed by atoms with Crippen LogP contribution >= 0.6 is 0 Å². The second kappa shape index (κ2) is 6.61. The van der Waals surface area contributed by atoms with Crippen LogP contribution in [-0.4, -0.2) is 59.6 Å². The Bertz CT molecular complexity index is 397. The summed E-state index contributed by atoms with van der Waals surface area (Å²) in [6.45, 7) is 2.74. The molecule has 0 aromatic heterocycles. The van der Waals surface area contributed by atoms with Gasteiger partial charge in [-0.25, -0.2) is 4.79 Å². The Morgan fingerprint density at radius 2 is 2.10 bits per heavy atom. The summed E-state index contributed by atoms with van der Waals surface area (Å²) < 4.78 is 46.3. The Kier molecular flexibility index (Phi) is 5.57. The summed E-state index contributed by atoms with van der Waals surface area (Å²) in [5.41, 5.74) is 0. The molecule has 0 radical (unpaired) electrons. The molecule has 2 saturated heterocycles. The number of alkyl halides is 3. The number of esters is 1. The Morgan fingerprint density at radius 1 is 1.48 bits per heavy atom. The van der Waals surface area contributed by atoms with Crippen LogP contribution in [0, 0.1) is 0 Å². The first-order valence-corrected chi connectivity index (χ1v) is 6.39. The molecule has 122 valence electrons. The average Bonchev–Trinajstić information content (AvgIpc) is 2.95. The van der Waals surface area contributed by atoms with Crippen LogP contribution in [0.3, 0.4) is 0 Å². The van der Waals surface area contributed by atoms with Crippen LogP contribution in [0.2, 0.25) is 0 Å². The molecule has 1 unspecified atom stereocenters. The minimum absolute atomic E-state index is 0.0603. The lowest BCUT2D eigenvalue weighted by atomic mass is 10.2. The van der Waals surface area contributed by atoms with Gasteiger partial charge in [0.05, 0.1) is 0 Å². The summed E-state index contributed by atoms with van der Waals surface area (Å²) in [7, 11) is 0. The molecule has 0 spiro atoms. The highest BCUT2D eigenvalue weighted by molar-refractivity contribution is 5.77. The zero-order chi connectivity index (χ0) is 16.3. The number of carbonyl (C=O) groups excluding carboxylic acids is 2. The van der Waals surface area contributed by atoms with E-state index in [-0.39, 0.29) is 25.5 Å². The van der Waals surface area contributed by atoms with Crippen molar-refractivity contribution >= 4 is 11.9 Å². The van der Waals surface area contributed by atoms with Crippen LogP contribution in [0.1, 0.15) is 26.7 Å². The number of rotatable bonds is 1. The summed E-state index contributed by atoms with van der Waals surface area (Å²) in [4.78, 5) is 21.9. The smallest absolute Gasteiger partial charge is 0.408 e. The first-order chi connectivity index (χ1) is 9.57. The van der Waals surface area contributed by atoms with Crippen LogP contribution in [0.25, 0.3) is 0 Å². The number of likely N-dealkylation sites (tertiary alicyclic amines) is 1. The lowest BCUT2D eigenvalue weighted by molar-refractivity contribution is -0.183. The molecule has 2 aliphatic heterocycles. The average molecular weight is 313 g/mol. The fourth-order valence-electron chi connectivity index (χ4n) is 2.06. The van der Waals surface area contributed by atoms with E-state index in [9.17, 15) is 22.8 Å². The predicted molar refractivity (Wildman–Crippen MR) is 64.0 cm³/mol. The van der Waals surface area contributed by atoms with E-state index in [1.165, 1.54) is 0 Å². The van der Waals surface area contributed by atoms with Gasteiger partial charge in [-0.2, -0.15) is 13.2 Å². The van der Waals surface area contributed by atoms with E-state index in [1.54, 1.807) is 13.8 Å². The Hall–Kier alpha value is -1.35. The first kappa shape index (κ1) is 17.7. The highest BCUT2D eigenvalue weighted by Gasteiger charge is 2.47. The van der Waals surface area contributed by atoms with E-state index in [2.05, 4.69) is 4.74 Å². The van der Waals surface area contributed by atoms with Gasteiger partial charge in [-0.15, -0.1) is 0 Å². The fourth-order valence-corrected chi connectivity index (χ4v) is 2.06. The minimum atomic E-state index is -4.37. The monoisotopic (exact) mass is 313 g/mol. The largest absolute Gasteiger partial charge is 0.432 e. The van der Waals surface area contributed by atoms with Crippen molar-refractivity contribution in [3.05, 3.63) is 0 Å². The molecular weight excluding hydrogens is 295 g/mol. The van der Waals surface area contributed by atoms with E-state index in [0.29, 0.717) is 11.3 Å². The van der Waals surface area contributed by atoms with Crippen molar-refractivity contribution in [2.45, 2.75) is 44.7 Å². The van der Waals surface area contributed by atoms with Crippen molar-refractivity contribution in [2.75, 3.05) is 19.8 Å². The van der Waals surface area contributed by atoms with Crippen LogP contribution in [0.5, 0.6) is 0 Å². The first-order valence-electron chi connectivity index (χ1n) is 6.39. The van der Waals surface area contributed by atoms with Gasteiger partial charge in [-0.1, -0.05) is 0 Å². The number of ether oxygens (including phenoxy) is 2. The fraction of sp³-hybridized carbons (Fsp3) is 0.833. The second-order valence-corrected chi connectivity index (χ2v) is 5.11. The van der Waals surface area contributed by atoms with Crippen molar-refractivity contribution < 1.29 is 37.3 Å². The van der Waals surface area contributed by atoms with Crippen molar-refractivity contribution in [3.63, 3.8) is 0 Å². The van der Waals surface area contributed by atoms with E-state index < -0.39 is 30.5 Å². The lowest BCUT2D eigenvalue weighted by Gasteiger charge is -2.25. The van der Waals surface area contributed by atoms with Crippen LogP contribution in [0.15, 0.2) is 0 Å². The number of hydrogen-bond acceptors (Lipinski definition) is 5. The van der Waals surface area contributed by atoms with Gasteiger partial charge in [0, 0.05) is 20.4 Å². The molecule has 1 amide bonds. The summed E-state index contributed by atoms with van der Waals surface area (Å²) in [6.07, 6.45) is -4.09. The van der Waals surface area contributed by atoms with E-state index in [1.807, 2.05) is 0 Å². The molecule has 2 rings (SSSR count). The summed E-state index contributed by atoms with van der Waals surface area (Å²) in [5, 5.41) is 8.42. The minimum Gasteiger partial charge on any atom is -0.432 e. The van der Waals surface area contributed by atoms with E-state index in [0.717, 1.165) is 0 Å². The SMILES string of the molecule is CC1(C)OCC(=O)O1.O=C(CO)N1CCCC1C(F)(F)F. The van der Waals surface area contributed by atoms with Crippen LogP contribution in [0.4, 0.5) is 13.2 Å². The van der Waals surface area contributed by atoms with Crippen molar-refractivity contribution in [3.8, 4) is 0 Å². The highest BCUT2D eigenvalue weighted by atomic mass is 19.4. The van der Waals surface area contributed by atoms with Gasteiger partial charge in [0.15, 0.2) is 0 Å². The van der Waals surface area contributed by atoms with E-state index in [4.69, 9.17) is 9.84 Å². The third-order valence-corrected chi connectivity index (χ3v) is 2.98. The van der Waals surface area contributed by atoms with Gasteiger partial charge < -0.3 is 19.5 Å². The van der Waals surface area contributed by atoms with Crippen LogP contribution < -0.4 is 0 Å². The van der Waals surface area contributed by atoms with Gasteiger partial charge >= 0.3 is 12.1 Å². The van der Waals surface area contributed by atoms with Crippen molar-refractivity contribution in [1.82, 2.24) is 4.90 Å². The predicted octanol–water partition coefficient (Wildman–Crippen LogP) is 0.828. The topological polar surface area (TPSA) is 76.1 Å². The molecule has 0 aliphatic carbocycles. The molecule has 1 N–H and O–H groups in total. The number of aliphatic hydroxyl groups is 1. The number of nitrogens with zero attached hydrogens (tertiary/aromatic N) is 1. The number of carbonyl (C=O) groups is 2. The van der Waals surface area contributed by atoms with Gasteiger partial charge in [-0.3, -0.25) is 4.79 Å². The lowest BCUT2D eigenvalue weighted by Crippen LogP contribution is -2.45. The maximum Gasteiger partial charge on any atom is 0.408 e. The molecule has 21 heavy (non-hydrogen) atoms. The maximum atomic E-state index is 12.2. The molecular formula is C12H18F3NO5. The Morgan fingerprint density at radius 3 is 2.43 bits per heavy atom. The Balaban J connectivity index is 0.000000235. The zero-order valence-corrected chi connectivity index (χ0v) is 11.8. The third kappa shape index (κ3) is 5.16.